The van der Waals surface area contributed by atoms with E-state index in [1.54, 1.807) is 0 Å². The van der Waals surface area contributed by atoms with Gasteiger partial charge in [-0.1, -0.05) is 6.58 Å². The van der Waals surface area contributed by atoms with Gasteiger partial charge in [0.15, 0.2) is 0 Å². The number of hydrogen-bond acceptors (Lipinski definition) is 3. The van der Waals surface area contributed by atoms with E-state index >= 15 is 0 Å². The van der Waals surface area contributed by atoms with Crippen LogP contribution in [0.25, 0.3) is 0 Å². The van der Waals surface area contributed by atoms with Crippen LogP contribution in [0.1, 0.15) is 27.2 Å². The fraction of sp³-hybridized carbons (Fsp3) is 0.636. The van der Waals surface area contributed by atoms with Gasteiger partial charge in [-0.05, 0) is 20.8 Å². The molecule has 4 nitrogen and oxygen atoms in total. The Kier molecular flexibility index (Phi) is 4.80. The highest BCUT2D eigenvalue weighted by Gasteiger charge is 2.61. The minimum Gasteiger partial charge on any atom is -0.481 e. The molecule has 0 aliphatic heterocycles. The molecule has 0 aromatic heterocycles. The van der Waals surface area contributed by atoms with E-state index in [-0.39, 0.29) is 5.97 Å². The summed E-state index contributed by atoms with van der Waals surface area (Å²) in [5, 5.41) is 7.91. The largest absolute Gasteiger partial charge is 0.481 e. The van der Waals surface area contributed by atoms with Gasteiger partial charge in [0, 0.05) is 12.5 Å². The quantitative estimate of drug-likeness (QED) is 0.603. The number of carboxylic acid groups (broad SMARTS) is 1. The first kappa shape index (κ1) is 15.5. The third kappa shape index (κ3) is 6.65. The van der Waals surface area contributed by atoms with Crippen molar-refractivity contribution < 1.29 is 28.2 Å². The summed E-state index contributed by atoms with van der Waals surface area (Å²) >= 11 is 0. The third-order valence-corrected chi connectivity index (χ3v) is 1.70. The van der Waals surface area contributed by atoms with E-state index in [9.17, 15) is 18.4 Å². The number of rotatable bonds is 2. The highest BCUT2D eigenvalue weighted by Crippen LogP contribution is 2.48. The van der Waals surface area contributed by atoms with E-state index in [4.69, 9.17) is 9.84 Å². The number of carbonyl (C=O) groups is 2. The van der Waals surface area contributed by atoms with Crippen LogP contribution in [-0.4, -0.2) is 28.6 Å². The van der Waals surface area contributed by atoms with Gasteiger partial charge < -0.3 is 9.84 Å². The zero-order valence-electron chi connectivity index (χ0n) is 10.00. The minimum atomic E-state index is -2.91. The standard InChI is InChI=1S/C7H12O2.C4H4F2O2/c1-5-6(8)9-7(2,3)4;5-4(6)1-2(4)3(7)8/h5H,1H2,2-4H3;2H,1H2,(H,7,8). The van der Waals surface area contributed by atoms with Gasteiger partial charge in [0.25, 0.3) is 5.92 Å². The van der Waals surface area contributed by atoms with Crippen LogP contribution >= 0.6 is 0 Å². The molecule has 1 unspecified atom stereocenters. The number of carboxylic acids is 1. The number of esters is 1. The molecule has 1 rings (SSSR count). The summed E-state index contributed by atoms with van der Waals surface area (Å²) in [6, 6.07) is 0. The Morgan fingerprint density at radius 3 is 1.94 bits per heavy atom. The lowest BCUT2D eigenvalue weighted by atomic mass is 10.2. The predicted molar refractivity (Wildman–Crippen MR) is 56.7 cm³/mol. The molecule has 98 valence electrons. The molecule has 1 N–H and O–H groups in total. The molecule has 0 bridgehead atoms. The fourth-order valence-electron chi connectivity index (χ4n) is 0.825. The van der Waals surface area contributed by atoms with Crippen LogP contribution in [0.4, 0.5) is 8.78 Å². The molecule has 0 aromatic rings. The molecule has 1 aliphatic rings. The van der Waals surface area contributed by atoms with Crippen molar-refractivity contribution in [3.63, 3.8) is 0 Å². The first-order valence-electron chi connectivity index (χ1n) is 4.95. The molecule has 1 atom stereocenters. The lowest BCUT2D eigenvalue weighted by molar-refractivity contribution is -0.148. The lowest BCUT2D eigenvalue weighted by Crippen LogP contribution is -2.22. The molecule has 0 amide bonds. The second-order valence-corrected chi connectivity index (χ2v) is 4.59. The van der Waals surface area contributed by atoms with Gasteiger partial charge in [0.2, 0.25) is 0 Å². The van der Waals surface area contributed by atoms with Crippen LogP contribution in [0.3, 0.4) is 0 Å². The zero-order valence-corrected chi connectivity index (χ0v) is 10.00. The summed E-state index contributed by atoms with van der Waals surface area (Å²) in [4.78, 5) is 20.2. The summed E-state index contributed by atoms with van der Waals surface area (Å²) in [5.74, 6) is -6.08. The number of carbonyl (C=O) groups excluding carboxylic acids is 1. The number of alkyl halides is 2. The Balaban J connectivity index is 0.000000302. The molecule has 0 saturated heterocycles. The first-order valence-corrected chi connectivity index (χ1v) is 4.95. The number of aliphatic carboxylic acids is 1. The van der Waals surface area contributed by atoms with Crippen molar-refractivity contribution in [1.82, 2.24) is 0 Å². The molecule has 17 heavy (non-hydrogen) atoms. The molecular weight excluding hydrogens is 234 g/mol. The van der Waals surface area contributed by atoms with Gasteiger partial charge in [-0.15, -0.1) is 0 Å². The average molecular weight is 250 g/mol. The number of hydrogen-bond donors (Lipinski definition) is 1. The summed E-state index contributed by atoms with van der Waals surface area (Å²) in [6.45, 7) is 8.71. The molecule has 1 aliphatic carbocycles. The highest BCUT2D eigenvalue weighted by molar-refractivity contribution is 5.81. The Morgan fingerprint density at radius 1 is 1.47 bits per heavy atom. The van der Waals surface area contributed by atoms with Gasteiger partial charge >= 0.3 is 11.9 Å². The third-order valence-electron chi connectivity index (χ3n) is 1.70. The first-order chi connectivity index (χ1) is 7.49. The van der Waals surface area contributed by atoms with Crippen molar-refractivity contribution in [2.45, 2.75) is 38.7 Å². The Morgan fingerprint density at radius 2 is 1.88 bits per heavy atom. The van der Waals surface area contributed by atoms with Gasteiger partial charge in [0.05, 0.1) is 0 Å². The zero-order chi connectivity index (χ0) is 13.9. The van der Waals surface area contributed by atoms with E-state index in [0.29, 0.717) is 0 Å². The number of ether oxygens (including phenoxy) is 1. The molecule has 6 heteroatoms. The summed E-state index contributed by atoms with van der Waals surface area (Å²) in [5.41, 5.74) is -0.398. The second kappa shape index (κ2) is 5.25. The van der Waals surface area contributed by atoms with E-state index in [0.717, 1.165) is 6.08 Å². The summed E-state index contributed by atoms with van der Waals surface area (Å²) in [7, 11) is 0. The van der Waals surface area contributed by atoms with Crippen LogP contribution in [0, 0.1) is 5.92 Å². The summed E-state index contributed by atoms with van der Waals surface area (Å²) in [6.07, 6.45) is 0.674. The van der Waals surface area contributed by atoms with Crippen LogP contribution in [0.15, 0.2) is 12.7 Å². The van der Waals surface area contributed by atoms with Crippen molar-refractivity contribution in [2.24, 2.45) is 5.92 Å². The van der Waals surface area contributed by atoms with Gasteiger partial charge in [-0.2, -0.15) is 0 Å². The SMILES string of the molecule is C=CC(=O)OC(C)(C)C.O=C(O)C1CC1(F)F. The van der Waals surface area contributed by atoms with Crippen molar-refractivity contribution in [1.29, 1.82) is 0 Å². The van der Waals surface area contributed by atoms with Gasteiger partial charge in [-0.3, -0.25) is 4.79 Å². The van der Waals surface area contributed by atoms with Crippen molar-refractivity contribution in [3.8, 4) is 0 Å². The predicted octanol–water partition coefficient (Wildman–Crippen LogP) is 2.24. The Bertz CT molecular complexity index is 318. The molecular formula is C11H16F2O4. The van der Waals surface area contributed by atoms with E-state index in [1.165, 1.54) is 0 Å². The monoisotopic (exact) mass is 250 g/mol. The highest BCUT2D eigenvalue weighted by atomic mass is 19.3. The van der Waals surface area contributed by atoms with E-state index in [2.05, 4.69) is 6.58 Å². The summed E-state index contributed by atoms with van der Waals surface area (Å²) < 4.78 is 28.2. The van der Waals surface area contributed by atoms with E-state index < -0.39 is 29.8 Å². The normalized spacial score (nSPS) is 20.6. The van der Waals surface area contributed by atoms with Crippen LogP contribution < -0.4 is 0 Å². The maximum atomic E-state index is 11.7. The van der Waals surface area contributed by atoms with Crippen molar-refractivity contribution >= 4 is 11.9 Å². The van der Waals surface area contributed by atoms with Crippen molar-refractivity contribution in [2.75, 3.05) is 0 Å². The average Bonchev–Trinajstić information content (AvgIpc) is 2.73. The van der Waals surface area contributed by atoms with Crippen LogP contribution in [-0.2, 0) is 14.3 Å². The fourth-order valence-corrected chi connectivity index (χ4v) is 0.825. The van der Waals surface area contributed by atoms with Crippen LogP contribution in [0.5, 0.6) is 0 Å². The number of halogens is 2. The van der Waals surface area contributed by atoms with Gasteiger partial charge in [0.1, 0.15) is 11.5 Å². The molecule has 1 saturated carbocycles. The van der Waals surface area contributed by atoms with E-state index in [1.807, 2.05) is 20.8 Å². The van der Waals surface area contributed by atoms with Crippen molar-refractivity contribution in [3.05, 3.63) is 12.7 Å². The Hall–Kier alpha value is -1.46. The maximum Gasteiger partial charge on any atom is 0.330 e. The second-order valence-electron chi connectivity index (χ2n) is 4.59. The topological polar surface area (TPSA) is 63.6 Å². The minimum absolute atomic E-state index is 0.373. The molecule has 0 aromatic carbocycles. The Labute approximate surface area is 98.3 Å². The smallest absolute Gasteiger partial charge is 0.330 e. The molecule has 1 fully saturated rings. The van der Waals surface area contributed by atoms with Crippen LogP contribution in [0.2, 0.25) is 0 Å². The molecule has 0 heterocycles. The van der Waals surface area contributed by atoms with Gasteiger partial charge in [-0.25, -0.2) is 13.6 Å². The lowest BCUT2D eigenvalue weighted by Gasteiger charge is -2.17. The molecule has 0 spiro atoms. The molecule has 0 radical (unpaired) electrons. The maximum absolute atomic E-state index is 11.7.